The van der Waals surface area contributed by atoms with Crippen LogP contribution in [-0.2, 0) is 14.3 Å². The molecule has 0 spiro atoms. The second-order valence-corrected chi connectivity index (χ2v) is 5.74. The first kappa shape index (κ1) is 15.8. The zero-order chi connectivity index (χ0) is 13.4. The highest BCUT2D eigenvalue weighted by molar-refractivity contribution is 7.99. The summed E-state index contributed by atoms with van der Waals surface area (Å²) in [6, 6.07) is 0. The van der Waals surface area contributed by atoms with Gasteiger partial charge in [-0.15, -0.1) is 11.8 Å². The van der Waals surface area contributed by atoms with Gasteiger partial charge in [0.2, 0.25) is 5.91 Å². The van der Waals surface area contributed by atoms with Crippen molar-refractivity contribution in [2.75, 3.05) is 52.0 Å². The molecule has 0 aliphatic carbocycles. The highest BCUT2D eigenvalue weighted by Crippen LogP contribution is 2.21. The molecule has 0 bridgehead atoms. The number of amides is 1. The summed E-state index contributed by atoms with van der Waals surface area (Å²) in [6.45, 7) is 2.19. The maximum absolute atomic E-state index is 11.8. The van der Waals surface area contributed by atoms with E-state index in [2.05, 4.69) is 0 Å². The first-order chi connectivity index (χ1) is 8.57. The van der Waals surface area contributed by atoms with E-state index in [1.54, 1.807) is 30.8 Å². The minimum Gasteiger partial charge on any atom is -0.388 e. The second-order valence-electron chi connectivity index (χ2n) is 4.63. The van der Waals surface area contributed by atoms with Gasteiger partial charge in [-0.3, -0.25) is 4.79 Å². The average Bonchev–Trinajstić information content (AvgIpc) is 2.34. The number of thioether (sulfide) groups is 1. The molecule has 106 valence electrons. The van der Waals surface area contributed by atoms with Crippen molar-refractivity contribution in [1.82, 2.24) is 4.90 Å². The Balaban J connectivity index is 2.25. The number of hydrogen-bond donors (Lipinski definition) is 1. The van der Waals surface area contributed by atoms with Crippen molar-refractivity contribution in [2.24, 2.45) is 0 Å². The second kappa shape index (κ2) is 7.99. The number of rotatable bonds is 7. The van der Waals surface area contributed by atoms with Crippen LogP contribution in [-0.4, -0.2) is 73.5 Å². The largest absolute Gasteiger partial charge is 0.388 e. The number of carbonyl (C=O) groups is 1. The number of likely N-dealkylation sites (N-methyl/N-ethyl adjacent to an activating group) is 1. The van der Waals surface area contributed by atoms with E-state index in [1.165, 1.54) is 0 Å². The summed E-state index contributed by atoms with van der Waals surface area (Å²) in [5.41, 5.74) is -0.778. The normalized spacial score (nSPS) is 18.6. The lowest BCUT2D eigenvalue weighted by atomic mass is 9.94. The van der Waals surface area contributed by atoms with E-state index in [9.17, 15) is 9.90 Å². The molecule has 1 saturated heterocycles. The maximum atomic E-state index is 11.8. The minimum atomic E-state index is -0.778. The Morgan fingerprint density at radius 2 is 2.17 bits per heavy atom. The van der Waals surface area contributed by atoms with E-state index in [-0.39, 0.29) is 5.91 Å². The summed E-state index contributed by atoms with van der Waals surface area (Å²) < 4.78 is 10.1. The highest BCUT2D eigenvalue weighted by Gasteiger charge is 2.32. The fraction of sp³-hybridized carbons (Fsp3) is 0.917. The third-order valence-electron chi connectivity index (χ3n) is 3.04. The number of hydrogen-bond acceptors (Lipinski definition) is 5. The first-order valence-corrected chi connectivity index (χ1v) is 7.34. The third kappa shape index (κ3) is 5.56. The Kier molecular flexibility index (Phi) is 6.99. The van der Waals surface area contributed by atoms with Crippen molar-refractivity contribution < 1.29 is 19.4 Å². The van der Waals surface area contributed by atoms with Crippen LogP contribution in [0.25, 0.3) is 0 Å². The van der Waals surface area contributed by atoms with Crippen molar-refractivity contribution in [3.05, 3.63) is 0 Å². The molecule has 0 radical (unpaired) electrons. The van der Waals surface area contributed by atoms with Gasteiger partial charge in [-0.25, -0.2) is 0 Å². The Labute approximate surface area is 113 Å². The molecule has 5 nitrogen and oxygen atoms in total. The number of methoxy groups -OCH3 is 1. The molecule has 18 heavy (non-hydrogen) atoms. The molecule has 1 aliphatic heterocycles. The van der Waals surface area contributed by atoms with Crippen molar-refractivity contribution >= 4 is 17.7 Å². The Morgan fingerprint density at radius 3 is 2.78 bits per heavy atom. The SMILES string of the molecule is COCCSCC(=O)N(C)CC1(O)CCOCC1. The molecule has 6 heteroatoms. The van der Waals surface area contributed by atoms with E-state index in [4.69, 9.17) is 9.47 Å². The Hall–Kier alpha value is -0.300. The van der Waals surface area contributed by atoms with Gasteiger partial charge in [0.1, 0.15) is 0 Å². The van der Waals surface area contributed by atoms with Crippen molar-refractivity contribution in [3.63, 3.8) is 0 Å². The van der Waals surface area contributed by atoms with Crippen LogP contribution < -0.4 is 0 Å². The lowest BCUT2D eigenvalue weighted by Crippen LogP contribution is -2.47. The van der Waals surface area contributed by atoms with Gasteiger partial charge < -0.3 is 19.5 Å². The molecule has 1 fully saturated rings. The monoisotopic (exact) mass is 277 g/mol. The number of nitrogens with zero attached hydrogens (tertiary/aromatic N) is 1. The van der Waals surface area contributed by atoms with Gasteiger partial charge in [0, 0.05) is 52.5 Å². The summed E-state index contributed by atoms with van der Waals surface area (Å²) >= 11 is 1.55. The molecule has 1 aliphatic rings. The molecule has 0 unspecified atom stereocenters. The van der Waals surface area contributed by atoms with Crippen LogP contribution in [0.1, 0.15) is 12.8 Å². The van der Waals surface area contributed by atoms with Crippen molar-refractivity contribution in [3.8, 4) is 0 Å². The minimum absolute atomic E-state index is 0.0519. The van der Waals surface area contributed by atoms with Crippen LogP contribution in [0.3, 0.4) is 0 Å². The van der Waals surface area contributed by atoms with Crippen LogP contribution in [0.5, 0.6) is 0 Å². The van der Waals surface area contributed by atoms with Gasteiger partial charge in [0.25, 0.3) is 0 Å². The van der Waals surface area contributed by atoms with Gasteiger partial charge in [0.05, 0.1) is 18.0 Å². The fourth-order valence-corrected chi connectivity index (χ4v) is 2.67. The van der Waals surface area contributed by atoms with E-state index < -0.39 is 5.60 Å². The van der Waals surface area contributed by atoms with Crippen LogP contribution in [0.2, 0.25) is 0 Å². The van der Waals surface area contributed by atoms with Crippen LogP contribution >= 0.6 is 11.8 Å². The van der Waals surface area contributed by atoms with E-state index >= 15 is 0 Å². The van der Waals surface area contributed by atoms with Gasteiger partial charge >= 0.3 is 0 Å². The summed E-state index contributed by atoms with van der Waals surface area (Å²) in [7, 11) is 3.39. The van der Waals surface area contributed by atoms with Crippen molar-refractivity contribution in [1.29, 1.82) is 0 Å². The van der Waals surface area contributed by atoms with E-state index in [0.29, 0.717) is 45.0 Å². The zero-order valence-electron chi connectivity index (χ0n) is 11.2. The molecular weight excluding hydrogens is 254 g/mol. The average molecular weight is 277 g/mol. The molecule has 0 aromatic rings. The Bertz CT molecular complexity index is 256. The quantitative estimate of drug-likeness (QED) is 0.681. The number of ether oxygens (including phenoxy) is 2. The summed E-state index contributed by atoms with van der Waals surface area (Å²) in [4.78, 5) is 13.5. The molecular formula is C12H23NO4S. The highest BCUT2D eigenvalue weighted by atomic mass is 32.2. The summed E-state index contributed by atoms with van der Waals surface area (Å²) in [5.74, 6) is 1.30. The third-order valence-corrected chi connectivity index (χ3v) is 3.94. The van der Waals surface area contributed by atoms with Gasteiger partial charge in [-0.2, -0.15) is 0 Å². The molecule has 1 N–H and O–H groups in total. The first-order valence-electron chi connectivity index (χ1n) is 6.18. The predicted octanol–water partition coefficient (Wildman–Crippen LogP) is 0.366. The number of aliphatic hydroxyl groups is 1. The molecule has 0 atom stereocenters. The van der Waals surface area contributed by atoms with Gasteiger partial charge in [-0.05, 0) is 0 Å². The van der Waals surface area contributed by atoms with Crippen LogP contribution in [0.4, 0.5) is 0 Å². The smallest absolute Gasteiger partial charge is 0.232 e. The summed E-state index contributed by atoms with van der Waals surface area (Å²) in [5, 5.41) is 10.3. The molecule has 0 saturated carbocycles. The lowest BCUT2D eigenvalue weighted by molar-refractivity contribution is -0.134. The van der Waals surface area contributed by atoms with Crippen molar-refractivity contribution in [2.45, 2.75) is 18.4 Å². The van der Waals surface area contributed by atoms with E-state index in [0.717, 1.165) is 5.75 Å². The summed E-state index contributed by atoms with van der Waals surface area (Å²) in [6.07, 6.45) is 1.20. The van der Waals surface area contributed by atoms with Gasteiger partial charge in [-0.1, -0.05) is 0 Å². The molecule has 1 heterocycles. The fourth-order valence-electron chi connectivity index (χ4n) is 1.85. The molecule has 1 rings (SSSR count). The zero-order valence-corrected chi connectivity index (χ0v) is 12.0. The van der Waals surface area contributed by atoms with Crippen LogP contribution in [0, 0.1) is 0 Å². The predicted molar refractivity (Wildman–Crippen MR) is 71.8 cm³/mol. The Morgan fingerprint density at radius 1 is 1.50 bits per heavy atom. The molecule has 0 aromatic heterocycles. The lowest BCUT2D eigenvalue weighted by Gasteiger charge is -2.35. The number of carbonyl (C=O) groups excluding carboxylic acids is 1. The standard InChI is InChI=1S/C12H23NO4S/c1-13(11(14)9-18-8-7-16-2)10-12(15)3-5-17-6-4-12/h15H,3-10H2,1-2H3. The maximum Gasteiger partial charge on any atom is 0.232 e. The topological polar surface area (TPSA) is 59.0 Å². The van der Waals surface area contributed by atoms with E-state index in [1.807, 2.05) is 0 Å². The molecule has 1 amide bonds. The molecule has 0 aromatic carbocycles. The van der Waals surface area contributed by atoms with Gasteiger partial charge in [0.15, 0.2) is 0 Å². The van der Waals surface area contributed by atoms with Crippen LogP contribution in [0.15, 0.2) is 0 Å².